The second-order valence-corrected chi connectivity index (χ2v) is 5.98. The van der Waals surface area contributed by atoms with Gasteiger partial charge in [0.05, 0.1) is 19.8 Å². The van der Waals surface area contributed by atoms with Crippen molar-refractivity contribution in [3.8, 4) is 5.75 Å². The van der Waals surface area contributed by atoms with Crippen LogP contribution in [0.3, 0.4) is 0 Å². The minimum absolute atomic E-state index is 0.00463. The minimum atomic E-state index is -0.280. The van der Waals surface area contributed by atoms with Gasteiger partial charge in [-0.05, 0) is 43.5 Å². The molecule has 2 unspecified atom stereocenters. The number of methoxy groups -OCH3 is 1. The Kier molecular flexibility index (Phi) is 9.37. The molecule has 1 saturated heterocycles. The summed E-state index contributed by atoms with van der Waals surface area (Å²) in [5, 5.41) is 21.3. The van der Waals surface area contributed by atoms with Gasteiger partial charge in [-0.3, -0.25) is 9.69 Å². The normalized spacial score (nSPS) is 20.2. The first-order valence-corrected chi connectivity index (χ1v) is 8.34. The van der Waals surface area contributed by atoms with E-state index in [4.69, 9.17) is 4.74 Å². The lowest BCUT2D eigenvalue weighted by Crippen LogP contribution is -2.33. The van der Waals surface area contributed by atoms with Gasteiger partial charge in [-0.2, -0.15) is 0 Å². The molecule has 1 aromatic rings. The van der Waals surface area contributed by atoms with E-state index in [0.717, 1.165) is 25.1 Å². The van der Waals surface area contributed by atoms with Crippen molar-refractivity contribution in [3.63, 3.8) is 0 Å². The van der Waals surface area contributed by atoms with Crippen molar-refractivity contribution < 1.29 is 19.7 Å². The summed E-state index contributed by atoms with van der Waals surface area (Å²) in [4.78, 5) is 11.9. The molecule has 2 atom stereocenters. The SMILES string of the molecule is CNC(C)=O.COc1ccc(CCCN2CC(O)CC2CO)cc1. The number of rotatable bonds is 6. The van der Waals surface area contributed by atoms with E-state index in [0.29, 0.717) is 13.0 Å². The summed E-state index contributed by atoms with van der Waals surface area (Å²) in [6, 6.07) is 8.25. The second-order valence-electron chi connectivity index (χ2n) is 5.98. The van der Waals surface area contributed by atoms with Crippen LogP contribution in [0.4, 0.5) is 0 Å². The van der Waals surface area contributed by atoms with Crippen molar-refractivity contribution in [2.45, 2.75) is 38.3 Å². The Balaban J connectivity index is 0.000000505. The van der Waals surface area contributed by atoms with Crippen LogP contribution in [0.15, 0.2) is 24.3 Å². The summed E-state index contributed by atoms with van der Waals surface area (Å²) in [6.07, 6.45) is 2.46. The number of aliphatic hydroxyl groups excluding tert-OH is 2. The van der Waals surface area contributed by atoms with Gasteiger partial charge >= 0.3 is 0 Å². The molecule has 1 aliphatic heterocycles. The number of nitrogens with zero attached hydrogens (tertiary/aromatic N) is 1. The van der Waals surface area contributed by atoms with E-state index in [2.05, 4.69) is 22.3 Å². The number of carbonyl (C=O) groups excluding carboxylic acids is 1. The third kappa shape index (κ3) is 7.29. The van der Waals surface area contributed by atoms with Gasteiger partial charge < -0.3 is 20.3 Å². The number of ether oxygens (including phenoxy) is 1. The van der Waals surface area contributed by atoms with E-state index in [9.17, 15) is 15.0 Å². The third-order valence-corrected chi connectivity index (χ3v) is 4.14. The molecule has 1 heterocycles. The molecular formula is C18H30N2O4. The number of likely N-dealkylation sites (tertiary alicyclic amines) is 1. The molecule has 0 radical (unpaired) electrons. The van der Waals surface area contributed by atoms with E-state index in [1.165, 1.54) is 12.5 Å². The first kappa shape index (κ1) is 20.4. The molecule has 0 spiro atoms. The predicted molar refractivity (Wildman–Crippen MR) is 94.1 cm³/mol. The predicted octanol–water partition coefficient (Wildman–Crippen LogP) is 0.808. The molecule has 1 fully saturated rings. The minimum Gasteiger partial charge on any atom is -0.497 e. The van der Waals surface area contributed by atoms with Crippen LogP contribution in [0.1, 0.15) is 25.3 Å². The third-order valence-electron chi connectivity index (χ3n) is 4.14. The number of amides is 1. The Bertz CT molecular complexity index is 478. The summed E-state index contributed by atoms with van der Waals surface area (Å²) in [5.74, 6) is 0.886. The zero-order chi connectivity index (χ0) is 17.9. The monoisotopic (exact) mass is 338 g/mol. The number of β-amino-alcohol motifs (C(OH)–C–C–N with tert-alkyl or cyclic N) is 1. The average Bonchev–Trinajstić information content (AvgIpc) is 2.96. The van der Waals surface area contributed by atoms with Crippen LogP contribution >= 0.6 is 0 Å². The highest BCUT2D eigenvalue weighted by molar-refractivity contribution is 5.72. The Morgan fingerprint density at radius 1 is 1.38 bits per heavy atom. The van der Waals surface area contributed by atoms with E-state index in [-0.39, 0.29) is 24.7 Å². The summed E-state index contributed by atoms with van der Waals surface area (Å²) in [6.45, 7) is 3.22. The van der Waals surface area contributed by atoms with Crippen LogP contribution in [0.25, 0.3) is 0 Å². The highest BCUT2D eigenvalue weighted by atomic mass is 16.5. The Morgan fingerprint density at radius 3 is 2.50 bits per heavy atom. The lowest BCUT2D eigenvalue weighted by atomic mass is 10.1. The van der Waals surface area contributed by atoms with Gasteiger partial charge in [-0.25, -0.2) is 0 Å². The fourth-order valence-electron chi connectivity index (χ4n) is 2.70. The Hall–Kier alpha value is -1.63. The number of carbonyl (C=O) groups is 1. The molecule has 1 aromatic carbocycles. The Labute approximate surface area is 144 Å². The molecule has 24 heavy (non-hydrogen) atoms. The molecule has 6 heteroatoms. The van der Waals surface area contributed by atoms with Crippen LogP contribution in [0, 0.1) is 0 Å². The van der Waals surface area contributed by atoms with Gasteiger partial charge in [0.15, 0.2) is 0 Å². The van der Waals surface area contributed by atoms with Crippen LogP contribution in [0.5, 0.6) is 5.75 Å². The van der Waals surface area contributed by atoms with Crippen molar-refractivity contribution in [2.75, 3.05) is 33.9 Å². The van der Waals surface area contributed by atoms with Crippen LogP contribution < -0.4 is 10.1 Å². The van der Waals surface area contributed by atoms with E-state index >= 15 is 0 Å². The van der Waals surface area contributed by atoms with Crippen LogP contribution in [-0.4, -0.2) is 67.0 Å². The van der Waals surface area contributed by atoms with Crippen LogP contribution in [-0.2, 0) is 11.2 Å². The average molecular weight is 338 g/mol. The maximum absolute atomic E-state index is 9.70. The largest absolute Gasteiger partial charge is 0.497 e. The van der Waals surface area contributed by atoms with Gasteiger partial charge in [0.25, 0.3) is 0 Å². The van der Waals surface area contributed by atoms with Crippen LogP contribution in [0.2, 0.25) is 0 Å². The highest BCUT2D eigenvalue weighted by Gasteiger charge is 2.29. The summed E-state index contributed by atoms with van der Waals surface area (Å²) < 4.78 is 5.13. The van der Waals surface area contributed by atoms with Crippen molar-refractivity contribution in [1.82, 2.24) is 10.2 Å². The molecule has 0 bridgehead atoms. The van der Waals surface area contributed by atoms with Gasteiger partial charge in [-0.15, -0.1) is 0 Å². The molecule has 1 aliphatic rings. The number of aliphatic hydroxyl groups is 2. The zero-order valence-corrected chi connectivity index (χ0v) is 14.9. The number of hydrogen-bond acceptors (Lipinski definition) is 5. The first-order valence-electron chi connectivity index (χ1n) is 8.34. The molecule has 136 valence electrons. The first-order chi connectivity index (χ1) is 11.5. The molecule has 2 rings (SSSR count). The Morgan fingerprint density at radius 2 is 2.00 bits per heavy atom. The quantitative estimate of drug-likeness (QED) is 0.715. The smallest absolute Gasteiger partial charge is 0.216 e. The zero-order valence-electron chi connectivity index (χ0n) is 14.9. The summed E-state index contributed by atoms with van der Waals surface area (Å²) >= 11 is 0. The number of aryl methyl sites for hydroxylation is 1. The molecule has 0 aliphatic carbocycles. The molecule has 0 aromatic heterocycles. The molecule has 1 amide bonds. The number of nitrogens with one attached hydrogen (secondary N) is 1. The maximum atomic E-state index is 9.70. The number of hydrogen-bond donors (Lipinski definition) is 3. The van der Waals surface area contributed by atoms with Gasteiger partial charge in [0.2, 0.25) is 5.91 Å². The molecule has 0 saturated carbocycles. The molecule has 6 nitrogen and oxygen atoms in total. The lowest BCUT2D eigenvalue weighted by Gasteiger charge is -2.22. The van der Waals surface area contributed by atoms with Gasteiger partial charge in [0.1, 0.15) is 5.75 Å². The van der Waals surface area contributed by atoms with Crippen molar-refractivity contribution >= 4 is 5.91 Å². The topological polar surface area (TPSA) is 82.0 Å². The lowest BCUT2D eigenvalue weighted by molar-refractivity contribution is -0.118. The van der Waals surface area contributed by atoms with Crippen molar-refractivity contribution in [1.29, 1.82) is 0 Å². The second kappa shape index (κ2) is 11.0. The van der Waals surface area contributed by atoms with E-state index < -0.39 is 0 Å². The van der Waals surface area contributed by atoms with E-state index in [1.54, 1.807) is 14.2 Å². The van der Waals surface area contributed by atoms with Gasteiger partial charge in [0, 0.05) is 26.6 Å². The maximum Gasteiger partial charge on any atom is 0.216 e. The standard InChI is InChI=1S/C15H23NO3.C3H7NO/c1-19-15-6-4-12(5-7-15)3-2-8-16-10-14(18)9-13(16)11-17;1-3(5)4-2/h4-7,13-14,17-18H,2-3,8-11H2,1H3;1-2H3,(H,4,5). The fraction of sp³-hybridized carbons (Fsp3) is 0.611. The highest BCUT2D eigenvalue weighted by Crippen LogP contribution is 2.18. The van der Waals surface area contributed by atoms with Crippen molar-refractivity contribution in [3.05, 3.63) is 29.8 Å². The van der Waals surface area contributed by atoms with E-state index in [1.807, 2.05) is 12.1 Å². The molecule has 3 N–H and O–H groups in total. The summed E-state index contributed by atoms with van der Waals surface area (Å²) in [5.41, 5.74) is 1.29. The molecular weight excluding hydrogens is 308 g/mol. The fourth-order valence-corrected chi connectivity index (χ4v) is 2.70. The van der Waals surface area contributed by atoms with Gasteiger partial charge in [-0.1, -0.05) is 12.1 Å². The summed E-state index contributed by atoms with van der Waals surface area (Å²) in [7, 11) is 3.27. The number of benzene rings is 1. The van der Waals surface area contributed by atoms with Crippen molar-refractivity contribution in [2.24, 2.45) is 0 Å².